The maximum absolute atomic E-state index is 11.8. The number of nitrogens with one attached hydrogen (secondary N) is 1. The molecule has 2 aromatic rings. The highest BCUT2D eigenvalue weighted by Crippen LogP contribution is 2.25. The summed E-state index contributed by atoms with van der Waals surface area (Å²) in [7, 11) is 0. The van der Waals surface area contributed by atoms with E-state index in [1.54, 1.807) is 11.3 Å². The molecular weight excluding hydrogens is 244 g/mol. The van der Waals surface area contributed by atoms with Crippen molar-refractivity contribution >= 4 is 27.3 Å². The number of nitrogens with two attached hydrogens (primary N) is 1. The number of fused-ring (bicyclic) bond motifs is 1. The van der Waals surface area contributed by atoms with Crippen molar-refractivity contribution < 1.29 is 4.79 Å². The Hall–Kier alpha value is -1.39. The van der Waals surface area contributed by atoms with Gasteiger partial charge in [-0.2, -0.15) is 0 Å². The van der Waals surface area contributed by atoms with Crippen LogP contribution in [-0.4, -0.2) is 12.5 Å². The molecule has 0 aliphatic carbocycles. The predicted octanol–water partition coefficient (Wildman–Crippen LogP) is 2.50. The average Bonchev–Trinajstić information content (AvgIpc) is 2.81. The van der Waals surface area contributed by atoms with Crippen LogP contribution in [0.2, 0.25) is 0 Å². The van der Waals surface area contributed by atoms with Crippen molar-refractivity contribution in [2.24, 2.45) is 11.7 Å². The molecule has 0 aliphatic rings. The number of amides is 1. The number of rotatable bonds is 5. The predicted molar refractivity (Wildman–Crippen MR) is 76.5 cm³/mol. The topological polar surface area (TPSA) is 55.1 Å². The molecule has 0 saturated carbocycles. The van der Waals surface area contributed by atoms with Crippen LogP contribution >= 0.6 is 11.3 Å². The van der Waals surface area contributed by atoms with E-state index in [1.807, 2.05) is 19.1 Å². The summed E-state index contributed by atoms with van der Waals surface area (Å²) < 4.78 is 1.26. The fourth-order valence-electron chi connectivity index (χ4n) is 1.96. The Morgan fingerprint density at radius 2 is 2.22 bits per heavy atom. The Morgan fingerprint density at radius 1 is 1.44 bits per heavy atom. The van der Waals surface area contributed by atoms with E-state index in [2.05, 4.69) is 22.8 Å². The summed E-state index contributed by atoms with van der Waals surface area (Å²) in [5.41, 5.74) is 6.74. The van der Waals surface area contributed by atoms with Gasteiger partial charge in [-0.25, -0.2) is 0 Å². The van der Waals surface area contributed by atoms with Gasteiger partial charge in [0.15, 0.2) is 0 Å². The fraction of sp³-hybridized carbons (Fsp3) is 0.357. The molecule has 0 fully saturated rings. The van der Waals surface area contributed by atoms with Gasteiger partial charge in [0.1, 0.15) is 0 Å². The summed E-state index contributed by atoms with van der Waals surface area (Å²) in [6.45, 7) is 2.98. The summed E-state index contributed by atoms with van der Waals surface area (Å²) in [4.78, 5) is 11.8. The normalized spacial score (nSPS) is 12.6. The molecule has 1 atom stereocenters. The molecule has 1 heterocycles. The van der Waals surface area contributed by atoms with E-state index in [4.69, 9.17) is 5.73 Å². The van der Waals surface area contributed by atoms with Crippen LogP contribution in [0.15, 0.2) is 29.6 Å². The SMILES string of the molecule is CCC(CN)C(=O)NCc1csc2ccccc12. The second-order valence-electron chi connectivity index (χ2n) is 4.32. The Balaban J connectivity index is 2.04. The second-order valence-corrected chi connectivity index (χ2v) is 5.23. The highest BCUT2D eigenvalue weighted by atomic mass is 32.1. The van der Waals surface area contributed by atoms with Crippen molar-refractivity contribution in [2.75, 3.05) is 6.54 Å². The van der Waals surface area contributed by atoms with Crippen LogP contribution in [0.1, 0.15) is 18.9 Å². The first kappa shape index (κ1) is 13.1. The van der Waals surface area contributed by atoms with Gasteiger partial charge in [0.05, 0.1) is 0 Å². The van der Waals surface area contributed by atoms with Gasteiger partial charge in [0.25, 0.3) is 0 Å². The zero-order valence-electron chi connectivity index (χ0n) is 10.5. The molecule has 1 amide bonds. The van der Waals surface area contributed by atoms with Crippen LogP contribution in [-0.2, 0) is 11.3 Å². The van der Waals surface area contributed by atoms with E-state index in [9.17, 15) is 4.79 Å². The molecule has 0 saturated heterocycles. The summed E-state index contributed by atoms with van der Waals surface area (Å²) in [6.07, 6.45) is 0.784. The Bertz CT molecular complexity index is 531. The van der Waals surface area contributed by atoms with Gasteiger partial charge in [-0.15, -0.1) is 11.3 Å². The lowest BCUT2D eigenvalue weighted by Gasteiger charge is -2.12. The summed E-state index contributed by atoms with van der Waals surface area (Å²) in [5, 5.41) is 6.30. The van der Waals surface area contributed by atoms with Gasteiger partial charge in [-0.05, 0) is 28.8 Å². The molecule has 1 aromatic heterocycles. The zero-order valence-corrected chi connectivity index (χ0v) is 11.3. The van der Waals surface area contributed by atoms with Crippen LogP contribution in [0, 0.1) is 5.92 Å². The van der Waals surface area contributed by atoms with E-state index in [0.717, 1.165) is 6.42 Å². The average molecular weight is 262 g/mol. The molecule has 0 spiro atoms. The lowest BCUT2D eigenvalue weighted by molar-refractivity contribution is -0.124. The molecule has 3 N–H and O–H groups in total. The van der Waals surface area contributed by atoms with Gasteiger partial charge < -0.3 is 11.1 Å². The quantitative estimate of drug-likeness (QED) is 0.870. The van der Waals surface area contributed by atoms with E-state index in [1.165, 1.54) is 15.6 Å². The number of hydrogen-bond acceptors (Lipinski definition) is 3. The standard InChI is InChI=1S/C14H18N2OS/c1-2-10(7-15)14(17)16-8-11-9-18-13-6-4-3-5-12(11)13/h3-6,9-10H,2,7-8,15H2,1H3,(H,16,17). The molecule has 4 heteroatoms. The minimum absolute atomic E-state index is 0.0512. The first-order chi connectivity index (χ1) is 8.76. The summed E-state index contributed by atoms with van der Waals surface area (Å²) >= 11 is 1.71. The number of thiophene rings is 1. The van der Waals surface area contributed by atoms with E-state index in [0.29, 0.717) is 13.1 Å². The monoisotopic (exact) mass is 262 g/mol. The van der Waals surface area contributed by atoms with E-state index < -0.39 is 0 Å². The van der Waals surface area contributed by atoms with Crippen LogP contribution in [0.5, 0.6) is 0 Å². The number of carbonyl (C=O) groups is 1. The summed E-state index contributed by atoms with van der Waals surface area (Å²) in [5.74, 6) is -0.0230. The molecule has 0 radical (unpaired) electrons. The Labute approximate surface area is 111 Å². The van der Waals surface area contributed by atoms with Gasteiger partial charge in [0.2, 0.25) is 5.91 Å². The first-order valence-electron chi connectivity index (χ1n) is 6.19. The molecule has 2 rings (SSSR count). The van der Waals surface area contributed by atoms with Gasteiger partial charge in [-0.1, -0.05) is 25.1 Å². The fourth-order valence-corrected chi connectivity index (χ4v) is 2.92. The molecule has 96 valence electrons. The molecule has 3 nitrogen and oxygen atoms in total. The highest BCUT2D eigenvalue weighted by Gasteiger charge is 2.14. The lowest BCUT2D eigenvalue weighted by atomic mass is 10.1. The van der Waals surface area contributed by atoms with Crippen LogP contribution in [0.25, 0.3) is 10.1 Å². The molecule has 0 bridgehead atoms. The minimum Gasteiger partial charge on any atom is -0.352 e. The molecule has 1 unspecified atom stereocenters. The van der Waals surface area contributed by atoms with Crippen molar-refractivity contribution in [3.63, 3.8) is 0 Å². The van der Waals surface area contributed by atoms with E-state index >= 15 is 0 Å². The van der Waals surface area contributed by atoms with Crippen molar-refractivity contribution in [3.05, 3.63) is 35.2 Å². The van der Waals surface area contributed by atoms with Crippen molar-refractivity contribution in [1.29, 1.82) is 0 Å². The molecular formula is C14H18N2OS. The third-order valence-electron chi connectivity index (χ3n) is 3.16. The number of carbonyl (C=O) groups excluding carboxylic acids is 1. The van der Waals surface area contributed by atoms with Crippen LogP contribution < -0.4 is 11.1 Å². The van der Waals surface area contributed by atoms with Crippen molar-refractivity contribution in [2.45, 2.75) is 19.9 Å². The van der Waals surface area contributed by atoms with Gasteiger partial charge >= 0.3 is 0 Å². The minimum atomic E-state index is -0.0742. The third-order valence-corrected chi connectivity index (χ3v) is 4.17. The lowest BCUT2D eigenvalue weighted by Crippen LogP contribution is -2.34. The number of hydrogen-bond donors (Lipinski definition) is 2. The first-order valence-corrected chi connectivity index (χ1v) is 7.07. The number of benzene rings is 1. The smallest absolute Gasteiger partial charge is 0.224 e. The zero-order chi connectivity index (χ0) is 13.0. The Morgan fingerprint density at radius 3 is 2.94 bits per heavy atom. The van der Waals surface area contributed by atoms with Crippen molar-refractivity contribution in [3.8, 4) is 0 Å². The largest absolute Gasteiger partial charge is 0.352 e. The maximum Gasteiger partial charge on any atom is 0.224 e. The molecule has 0 aliphatic heterocycles. The maximum atomic E-state index is 11.8. The van der Waals surface area contributed by atoms with Gasteiger partial charge in [0, 0.05) is 23.7 Å². The van der Waals surface area contributed by atoms with Crippen LogP contribution in [0.3, 0.4) is 0 Å². The summed E-state index contributed by atoms with van der Waals surface area (Å²) in [6, 6.07) is 8.24. The molecule has 18 heavy (non-hydrogen) atoms. The third kappa shape index (κ3) is 2.71. The molecule has 1 aromatic carbocycles. The van der Waals surface area contributed by atoms with Gasteiger partial charge in [-0.3, -0.25) is 4.79 Å². The Kier molecular flexibility index (Phi) is 4.33. The van der Waals surface area contributed by atoms with E-state index in [-0.39, 0.29) is 11.8 Å². The highest BCUT2D eigenvalue weighted by molar-refractivity contribution is 7.17. The van der Waals surface area contributed by atoms with Crippen molar-refractivity contribution in [1.82, 2.24) is 5.32 Å². The van der Waals surface area contributed by atoms with Crippen LogP contribution in [0.4, 0.5) is 0 Å². The second kappa shape index (κ2) is 5.98.